The van der Waals surface area contributed by atoms with Gasteiger partial charge in [0.15, 0.2) is 0 Å². The molecule has 1 aliphatic rings. The quantitative estimate of drug-likeness (QED) is 0.565. The van der Waals surface area contributed by atoms with Crippen LogP contribution in [0.4, 0.5) is 11.4 Å². The van der Waals surface area contributed by atoms with E-state index in [1.807, 2.05) is 24.3 Å². The first-order valence-corrected chi connectivity index (χ1v) is 13.4. The van der Waals surface area contributed by atoms with Gasteiger partial charge in [0.1, 0.15) is 5.75 Å². The Morgan fingerprint density at radius 1 is 1.06 bits per heavy atom. The van der Waals surface area contributed by atoms with Crippen molar-refractivity contribution < 1.29 is 17.9 Å². The smallest absolute Gasteiger partial charge is 0.243 e. The van der Waals surface area contributed by atoms with Crippen molar-refractivity contribution in [3.8, 4) is 5.75 Å². The number of amides is 1. The number of nitrogens with one attached hydrogen (secondary N) is 1. The molecule has 0 saturated carbocycles. The van der Waals surface area contributed by atoms with Crippen molar-refractivity contribution in [3.63, 3.8) is 0 Å². The number of piperidine rings is 1. The van der Waals surface area contributed by atoms with Crippen LogP contribution in [0, 0.1) is 13.8 Å². The highest BCUT2D eigenvalue weighted by Gasteiger charge is 2.26. The standard InChI is InChI=1S/C26H38N4O4S/c1-19-17-24(34-6)18-20(2)26(19)35(32,33)29(5)14-13-25(31)27-21-7-9-23(10-8-21)30-15-11-22(12-16-30)28(3)4/h7-10,17-18,22H,11-16H2,1-6H3,(H,27,31). The summed E-state index contributed by atoms with van der Waals surface area (Å²) in [7, 11) is 3.58. The van der Waals surface area contributed by atoms with Crippen LogP contribution < -0.4 is 15.0 Å². The van der Waals surface area contributed by atoms with Crippen LogP contribution in [-0.4, -0.2) is 77.5 Å². The molecule has 0 aromatic heterocycles. The number of aryl methyl sites for hydroxylation is 2. The van der Waals surface area contributed by atoms with Crippen LogP contribution in [0.15, 0.2) is 41.3 Å². The Morgan fingerprint density at radius 2 is 1.63 bits per heavy atom. The highest BCUT2D eigenvalue weighted by atomic mass is 32.2. The number of rotatable bonds is 9. The molecule has 35 heavy (non-hydrogen) atoms. The van der Waals surface area contributed by atoms with E-state index in [-0.39, 0.29) is 23.8 Å². The third kappa shape index (κ3) is 6.54. The second-order valence-corrected chi connectivity index (χ2v) is 11.4. The van der Waals surface area contributed by atoms with Gasteiger partial charge in [0.05, 0.1) is 12.0 Å². The van der Waals surface area contributed by atoms with Crippen molar-refractivity contribution in [2.45, 2.75) is 44.0 Å². The highest BCUT2D eigenvalue weighted by Crippen LogP contribution is 2.28. The largest absolute Gasteiger partial charge is 0.497 e. The van der Waals surface area contributed by atoms with Crippen LogP contribution in [0.5, 0.6) is 5.75 Å². The normalized spacial score (nSPS) is 15.0. The van der Waals surface area contributed by atoms with E-state index in [0.29, 0.717) is 28.6 Å². The zero-order chi connectivity index (χ0) is 25.8. The first-order chi connectivity index (χ1) is 16.5. The molecule has 1 aliphatic heterocycles. The van der Waals surface area contributed by atoms with Crippen LogP contribution in [0.25, 0.3) is 0 Å². The van der Waals surface area contributed by atoms with E-state index < -0.39 is 10.0 Å². The third-order valence-corrected chi connectivity index (χ3v) is 8.87. The molecule has 192 valence electrons. The number of ether oxygens (including phenoxy) is 1. The van der Waals surface area contributed by atoms with E-state index >= 15 is 0 Å². The molecule has 3 rings (SSSR count). The summed E-state index contributed by atoms with van der Waals surface area (Å²) in [4.78, 5) is 17.4. The molecule has 0 unspecified atom stereocenters. The number of hydrogen-bond acceptors (Lipinski definition) is 6. The minimum Gasteiger partial charge on any atom is -0.497 e. The van der Waals surface area contributed by atoms with Crippen LogP contribution in [0.3, 0.4) is 0 Å². The maximum atomic E-state index is 13.1. The summed E-state index contributed by atoms with van der Waals surface area (Å²) in [6.45, 7) is 5.61. The molecule has 0 radical (unpaired) electrons. The summed E-state index contributed by atoms with van der Waals surface area (Å²) in [6, 6.07) is 11.9. The van der Waals surface area contributed by atoms with Crippen molar-refractivity contribution in [1.29, 1.82) is 0 Å². The van der Waals surface area contributed by atoms with E-state index in [0.717, 1.165) is 31.6 Å². The molecule has 1 N–H and O–H groups in total. The molecular weight excluding hydrogens is 464 g/mol. The Hall–Kier alpha value is -2.62. The summed E-state index contributed by atoms with van der Waals surface area (Å²) >= 11 is 0. The second-order valence-electron chi connectivity index (χ2n) is 9.44. The van der Waals surface area contributed by atoms with Gasteiger partial charge in [-0.25, -0.2) is 12.7 Å². The van der Waals surface area contributed by atoms with Gasteiger partial charge in [0.25, 0.3) is 0 Å². The molecule has 9 heteroatoms. The van der Waals surface area contributed by atoms with Gasteiger partial charge in [-0.1, -0.05) is 0 Å². The van der Waals surface area contributed by atoms with E-state index in [1.54, 1.807) is 33.1 Å². The topological polar surface area (TPSA) is 82.2 Å². The Kier molecular flexibility index (Phi) is 8.79. The predicted octanol–water partition coefficient (Wildman–Crippen LogP) is 3.49. The van der Waals surface area contributed by atoms with Gasteiger partial charge in [-0.3, -0.25) is 4.79 Å². The van der Waals surface area contributed by atoms with Gasteiger partial charge in [0, 0.05) is 50.5 Å². The maximum absolute atomic E-state index is 13.1. The number of anilines is 2. The van der Waals surface area contributed by atoms with Crippen molar-refractivity contribution in [3.05, 3.63) is 47.5 Å². The molecule has 0 atom stereocenters. The van der Waals surface area contributed by atoms with Gasteiger partial charge in [-0.05, 0) is 88.3 Å². The summed E-state index contributed by atoms with van der Waals surface area (Å²) in [6.07, 6.45) is 2.33. The van der Waals surface area contributed by atoms with Gasteiger partial charge in [-0.15, -0.1) is 0 Å². The van der Waals surface area contributed by atoms with Crippen molar-refractivity contribution >= 4 is 27.3 Å². The fourth-order valence-electron chi connectivity index (χ4n) is 4.59. The van der Waals surface area contributed by atoms with Gasteiger partial charge in [0.2, 0.25) is 15.9 Å². The van der Waals surface area contributed by atoms with Gasteiger partial charge in [-0.2, -0.15) is 0 Å². The Morgan fingerprint density at radius 3 is 2.14 bits per heavy atom. The summed E-state index contributed by atoms with van der Waals surface area (Å²) in [5.41, 5.74) is 3.08. The van der Waals surface area contributed by atoms with Crippen LogP contribution in [0.2, 0.25) is 0 Å². The molecule has 1 amide bonds. The van der Waals surface area contributed by atoms with Crippen molar-refractivity contribution in [2.75, 3.05) is 58.1 Å². The maximum Gasteiger partial charge on any atom is 0.243 e. The first kappa shape index (κ1) is 27.0. The van der Waals surface area contributed by atoms with Crippen LogP contribution in [-0.2, 0) is 14.8 Å². The number of sulfonamides is 1. The number of methoxy groups -OCH3 is 1. The second kappa shape index (κ2) is 11.4. The predicted molar refractivity (Wildman–Crippen MR) is 141 cm³/mol. The minimum atomic E-state index is -3.73. The number of carbonyl (C=O) groups is 1. The Bertz CT molecular complexity index is 1100. The van der Waals surface area contributed by atoms with Crippen molar-refractivity contribution in [2.24, 2.45) is 0 Å². The zero-order valence-electron chi connectivity index (χ0n) is 21.7. The lowest BCUT2D eigenvalue weighted by atomic mass is 10.0. The molecule has 0 bridgehead atoms. The molecule has 1 fully saturated rings. The molecule has 0 aliphatic carbocycles. The lowest BCUT2D eigenvalue weighted by Gasteiger charge is -2.36. The average molecular weight is 503 g/mol. The number of carbonyl (C=O) groups excluding carboxylic acids is 1. The lowest BCUT2D eigenvalue weighted by molar-refractivity contribution is -0.116. The van der Waals surface area contributed by atoms with Gasteiger partial charge < -0.3 is 19.9 Å². The molecule has 2 aromatic carbocycles. The Balaban J connectivity index is 1.55. The Labute approximate surface area is 209 Å². The SMILES string of the molecule is COc1cc(C)c(S(=O)(=O)N(C)CCC(=O)Nc2ccc(N3CCC(N(C)C)CC3)cc2)c(C)c1. The fourth-order valence-corrected chi connectivity index (χ4v) is 6.16. The van der Waals surface area contributed by atoms with E-state index in [2.05, 4.69) is 29.2 Å². The zero-order valence-corrected chi connectivity index (χ0v) is 22.5. The number of hydrogen-bond donors (Lipinski definition) is 1. The number of benzene rings is 2. The summed E-state index contributed by atoms with van der Waals surface area (Å²) in [5, 5.41) is 2.88. The third-order valence-electron chi connectivity index (χ3n) is 6.70. The van der Waals surface area contributed by atoms with E-state index in [1.165, 1.54) is 11.4 Å². The summed E-state index contributed by atoms with van der Waals surface area (Å²) < 4.78 is 32.7. The summed E-state index contributed by atoms with van der Waals surface area (Å²) in [5.74, 6) is 0.389. The molecule has 2 aromatic rings. The monoisotopic (exact) mass is 502 g/mol. The molecular formula is C26H38N4O4S. The van der Waals surface area contributed by atoms with E-state index in [4.69, 9.17) is 4.74 Å². The molecule has 1 heterocycles. The fraction of sp³-hybridized carbons (Fsp3) is 0.500. The first-order valence-electron chi connectivity index (χ1n) is 12.0. The molecule has 8 nitrogen and oxygen atoms in total. The van der Waals surface area contributed by atoms with E-state index in [9.17, 15) is 13.2 Å². The van der Waals surface area contributed by atoms with Crippen molar-refractivity contribution in [1.82, 2.24) is 9.21 Å². The molecule has 0 spiro atoms. The highest BCUT2D eigenvalue weighted by molar-refractivity contribution is 7.89. The average Bonchev–Trinajstić information content (AvgIpc) is 2.82. The minimum absolute atomic E-state index is 0.0593. The lowest BCUT2D eigenvalue weighted by Crippen LogP contribution is -2.41. The molecule has 1 saturated heterocycles. The van der Waals surface area contributed by atoms with Crippen LogP contribution in [0.1, 0.15) is 30.4 Å². The van der Waals surface area contributed by atoms with Gasteiger partial charge >= 0.3 is 0 Å². The number of nitrogens with zero attached hydrogens (tertiary/aromatic N) is 3. The van der Waals surface area contributed by atoms with Crippen LogP contribution >= 0.6 is 0 Å².